The first-order valence-corrected chi connectivity index (χ1v) is 18.5. The van der Waals surface area contributed by atoms with Crippen molar-refractivity contribution in [2.75, 3.05) is 33.4 Å². The summed E-state index contributed by atoms with van der Waals surface area (Å²) in [5.41, 5.74) is 2.09. The largest absolute Gasteiger partial charge is 0.493 e. The van der Waals surface area contributed by atoms with Crippen LogP contribution in [0, 0.1) is 5.92 Å². The third-order valence-electron chi connectivity index (χ3n) is 9.08. The molecule has 0 aliphatic carbocycles. The van der Waals surface area contributed by atoms with Crippen LogP contribution in [0.5, 0.6) is 11.5 Å². The molecule has 1 N–H and O–H groups in total. The highest BCUT2D eigenvalue weighted by Gasteiger charge is 2.38. The molecule has 3 atom stereocenters. The molecule has 6 rings (SSSR count). The van der Waals surface area contributed by atoms with Crippen LogP contribution in [-0.2, 0) is 20.8 Å². The van der Waals surface area contributed by atoms with Gasteiger partial charge in [0.25, 0.3) is 0 Å². The number of ether oxygens (including phenoxy) is 4. The Labute approximate surface area is 308 Å². The summed E-state index contributed by atoms with van der Waals surface area (Å²) in [6.07, 6.45) is 4.69. The van der Waals surface area contributed by atoms with Crippen molar-refractivity contribution in [1.82, 2.24) is 10.2 Å². The summed E-state index contributed by atoms with van der Waals surface area (Å²) in [4.78, 5) is 30.9. The lowest BCUT2D eigenvalue weighted by atomic mass is 9.86. The molecular weight excluding hydrogens is 695 g/mol. The van der Waals surface area contributed by atoms with Gasteiger partial charge in [-0.2, -0.15) is 0 Å². The first kappa shape index (κ1) is 37.7. The number of nitrogens with zero attached hydrogens (tertiary/aromatic N) is 1. The molecule has 0 saturated carbocycles. The summed E-state index contributed by atoms with van der Waals surface area (Å²) in [5.74, 6) is 0.695. The second-order valence-electron chi connectivity index (χ2n) is 12.2. The number of esters is 2. The van der Waals surface area contributed by atoms with Crippen molar-refractivity contribution < 1.29 is 28.5 Å². The number of allylic oxidation sites excluding steroid dienone is 4. The normalized spacial score (nSPS) is 20.3. The van der Waals surface area contributed by atoms with Crippen molar-refractivity contribution in [2.24, 2.45) is 5.92 Å². The van der Waals surface area contributed by atoms with Crippen molar-refractivity contribution in [2.45, 2.75) is 57.9 Å². The van der Waals surface area contributed by atoms with E-state index in [9.17, 15) is 9.59 Å². The summed E-state index contributed by atoms with van der Waals surface area (Å²) < 4.78 is 23.6. The van der Waals surface area contributed by atoms with Gasteiger partial charge in [0, 0.05) is 34.5 Å². The van der Waals surface area contributed by atoms with E-state index >= 15 is 0 Å². The Morgan fingerprint density at radius 1 is 1.06 bits per heavy atom. The van der Waals surface area contributed by atoms with Crippen molar-refractivity contribution >= 4 is 46.5 Å². The smallest absolute Gasteiger partial charge is 0.348 e. The van der Waals surface area contributed by atoms with Crippen LogP contribution in [0.1, 0.15) is 70.9 Å². The fourth-order valence-corrected chi connectivity index (χ4v) is 7.65. The number of carbonyl (C=O) groups is 2. The number of fused-ring (bicyclic) bond motifs is 3. The lowest BCUT2D eigenvalue weighted by molar-refractivity contribution is -0.161. The van der Waals surface area contributed by atoms with Crippen molar-refractivity contribution in [3.63, 3.8) is 0 Å². The van der Waals surface area contributed by atoms with E-state index in [1.165, 1.54) is 17.4 Å². The monoisotopic (exact) mass is 738 g/mol. The van der Waals surface area contributed by atoms with Crippen LogP contribution < -0.4 is 14.8 Å². The highest BCUT2D eigenvalue weighted by atomic mass is 35.5. The van der Waals surface area contributed by atoms with Gasteiger partial charge >= 0.3 is 11.9 Å². The zero-order valence-corrected chi connectivity index (χ0v) is 31.0. The van der Waals surface area contributed by atoms with E-state index in [2.05, 4.69) is 16.8 Å². The number of hydrogen-bond donors (Lipinski definition) is 1. The molecule has 2 bridgehead atoms. The number of methoxy groups -OCH3 is 1. The van der Waals surface area contributed by atoms with Gasteiger partial charge < -0.3 is 18.9 Å². The maximum absolute atomic E-state index is 13.7. The SMILES string of the molecule is C=C/C(Cl)=C(CC(OC(=O)c1ccc(CNC(C(=O)O[C@H]2CN3CCC2CC3)c2ccccc2)s1)c1ccc(OC)c(OCC)c1)\C(Cl)=C/C. The standard InChI is InChI=1S/C39H44Cl2N2O6S/c1-5-30(40)29(31(41)6-2)22-33(27-13-15-32(46-4)34(21-27)47-7-3)48-38(44)36-16-14-28(50-36)23-42-37(26-11-9-8-10-12-26)39(45)49-35-24-43-19-17-25(35)18-20-43/h5-6,8-16,21,25,33,35,37,42H,1,7,17-20,22-24H2,2-4H3/b30-29+,31-6+/t33?,35-,37?/m0/s1. The van der Waals surface area contributed by atoms with Gasteiger partial charge in [0.2, 0.25) is 0 Å². The fourth-order valence-electron chi connectivity index (χ4n) is 6.40. The summed E-state index contributed by atoms with van der Waals surface area (Å²) in [5, 5.41) is 4.18. The third kappa shape index (κ3) is 9.38. The Morgan fingerprint density at radius 2 is 1.82 bits per heavy atom. The Balaban J connectivity index is 1.33. The molecule has 1 aromatic heterocycles. The second kappa shape index (κ2) is 18.1. The third-order valence-corrected chi connectivity index (χ3v) is 11.0. The number of piperidine rings is 3. The minimum atomic E-state index is -0.766. The molecule has 8 nitrogen and oxygen atoms in total. The lowest BCUT2D eigenvalue weighted by Crippen LogP contribution is -2.52. The number of carbonyl (C=O) groups excluding carboxylic acids is 2. The number of nitrogens with one attached hydrogen (secondary N) is 1. The van der Waals surface area contributed by atoms with E-state index in [0.717, 1.165) is 42.9 Å². The van der Waals surface area contributed by atoms with Gasteiger partial charge in [0.15, 0.2) is 11.5 Å². The van der Waals surface area contributed by atoms with Crippen LogP contribution in [0.2, 0.25) is 0 Å². The van der Waals surface area contributed by atoms with Gasteiger partial charge in [-0.3, -0.25) is 10.2 Å². The summed E-state index contributed by atoms with van der Waals surface area (Å²) in [7, 11) is 1.57. The Kier molecular flexibility index (Phi) is 13.6. The molecule has 3 aliphatic rings. The van der Waals surface area contributed by atoms with E-state index in [0.29, 0.717) is 56.6 Å². The minimum absolute atomic E-state index is 0.0937. The quantitative estimate of drug-likeness (QED) is 0.115. The Morgan fingerprint density at radius 3 is 2.46 bits per heavy atom. The molecule has 2 unspecified atom stereocenters. The fraction of sp³-hybridized carbons (Fsp3) is 0.385. The maximum atomic E-state index is 13.7. The van der Waals surface area contributed by atoms with E-state index in [-0.39, 0.29) is 18.5 Å². The Hall–Kier alpha value is -3.60. The number of halogens is 2. The first-order chi connectivity index (χ1) is 24.2. The summed E-state index contributed by atoms with van der Waals surface area (Å²) in [6.45, 7) is 11.2. The highest BCUT2D eigenvalue weighted by molar-refractivity contribution is 7.13. The topological polar surface area (TPSA) is 86.3 Å². The van der Waals surface area contributed by atoms with Gasteiger partial charge in [-0.25, -0.2) is 9.59 Å². The molecule has 0 radical (unpaired) electrons. The molecule has 3 saturated heterocycles. The molecule has 3 aromatic rings. The maximum Gasteiger partial charge on any atom is 0.348 e. The van der Waals surface area contributed by atoms with Crippen LogP contribution in [0.3, 0.4) is 0 Å². The second-order valence-corrected chi connectivity index (χ2v) is 14.2. The highest BCUT2D eigenvalue weighted by Crippen LogP contribution is 2.38. The Bertz CT molecular complexity index is 1700. The van der Waals surface area contributed by atoms with Crippen LogP contribution in [-0.4, -0.2) is 56.3 Å². The summed E-state index contributed by atoms with van der Waals surface area (Å²) >= 11 is 14.4. The van der Waals surface area contributed by atoms with Crippen LogP contribution >= 0.6 is 34.5 Å². The minimum Gasteiger partial charge on any atom is -0.493 e. The number of thiophene rings is 1. The molecule has 50 heavy (non-hydrogen) atoms. The molecule has 266 valence electrons. The van der Waals surface area contributed by atoms with Crippen molar-refractivity contribution in [3.8, 4) is 11.5 Å². The average Bonchev–Trinajstić information content (AvgIpc) is 3.63. The molecule has 11 heteroatoms. The van der Waals surface area contributed by atoms with Crippen LogP contribution in [0.25, 0.3) is 0 Å². The van der Waals surface area contributed by atoms with Crippen LogP contribution in [0.4, 0.5) is 0 Å². The van der Waals surface area contributed by atoms with Gasteiger partial charge in [-0.05, 0) is 86.7 Å². The zero-order valence-electron chi connectivity index (χ0n) is 28.7. The van der Waals surface area contributed by atoms with Crippen LogP contribution in [0.15, 0.2) is 95.0 Å². The predicted octanol–water partition coefficient (Wildman–Crippen LogP) is 8.73. The number of benzene rings is 2. The van der Waals surface area contributed by atoms with E-state index in [4.69, 9.17) is 42.1 Å². The lowest BCUT2D eigenvalue weighted by Gasteiger charge is -2.44. The molecule has 4 heterocycles. The number of rotatable bonds is 16. The molecule has 0 amide bonds. The van der Waals surface area contributed by atoms with Gasteiger partial charge in [0.1, 0.15) is 23.1 Å². The molecule has 2 aromatic carbocycles. The van der Waals surface area contributed by atoms with Crippen molar-refractivity contribution in [3.05, 3.63) is 116 Å². The van der Waals surface area contributed by atoms with Crippen molar-refractivity contribution in [1.29, 1.82) is 0 Å². The molecule has 3 fully saturated rings. The van der Waals surface area contributed by atoms with E-state index < -0.39 is 18.1 Å². The van der Waals surface area contributed by atoms with Gasteiger partial charge in [-0.1, -0.05) is 78.3 Å². The first-order valence-electron chi connectivity index (χ1n) is 16.9. The number of hydrogen-bond acceptors (Lipinski definition) is 9. The van der Waals surface area contributed by atoms with E-state index in [1.54, 1.807) is 38.3 Å². The average molecular weight is 740 g/mol. The van der Waals surface area contributed by atoms with Gasteiger partial charge in [-0.15, -0.1) is 11.3 Å². The van der Waals surface area contributed by atoms with E-state index in [1.807, 2.05) is 49.4 Å². The molecule has 3 aliphatic heterocycles. The van der Waals surface area contributed by atoms with Gasteiger partial charge in [0.05, 0.1) is 13.7 Å². The summed E-state index contributed by atoms with van der Waals surface area (Å²) in [6, 6.07) is 17.9. The predicted molar refractivity (Wildman–Crippen MR) is 199 cm³/mol. The molecular formula is C39H44Cl2N2O6S. The molecule has 0 spiro atoms. The zero-order chi connectivity index (χ0) is 35.6.